The van der Waals surface area contributed by atoms with Crippen LogP contribution in [0.5, 0.6) is 0 Å². The van der Waals surface area contributed by atoms with Crippen LogP contribution < -0.4 is 5.32 Å². The number of carbonyl (C=O) groups excluding carboxylic acids is 1. The summed E-state index contributed by atoms with van der Waals surface area (Å²) in [5.41, 5.74) is 1.52. The van der Waals surface area contributed by atoms with Crippen LogP contribution in [0.3, 0.4) is 0 Å². The molecule has 4 aromatic rings. The summed E-state index contributed by atoms with van der Waals surface area (Å²) in [6.07, 6.45) is 0.213. The molecule has 0 saturated heterocycles. The molecule has 0 bridgehead atoms. The van der Waals surface area contributed by atoms with Crippen LogP contribution in [0.4, 0.5) is 8.78 Å². The molecule has 9 heteroatoms. The second-order valence-electron chi connectivity index (χ2n) is 7.30. The lowest BCUT2D eigenvalue weighted by molar-refractivity contribution is 0.0688. The van der Waals surface area contributed by atoms with Crippen molar-refractivity contribution in [1.29, 1.82) is 0 Å². The van der Waals surface area contributed by atoms with Crippen LogP contribution in [0, 0.1) is 11.6 Å². The molecule has 0 saturated carbocycles. The number of aromatic nitrogens is 3. The summed E-state index contributed by atoms with van der Waals surface area (Å²) in [6.45, 7) is -0.563. The van der Waals surface area contributed by atoms with Gasteiger partial charge in [-0.1, -0.05) is 12.1 Å². The molecular formula is C24H20F2N4O3. The molecule has 2 heterocycles. The average Bonchev–Trinajstić information content (AvgIpc) is 3.32. The molecule has 1 amide bonds. The van der Waals surface area contributed by atoms with Gasteiger partial charge in [-0.05, 0) is 54.6 Å². The fraction of sp³-hybridized carbons (Fsp3) is 0.125. The first kappa shape index (κ1) is 22.3. The highest BCUT2D eigenvalue weighted by Crippen LogP contribution is 2.29. The summed E-state index contributed by atoms with van der Waals surface area (Å²) in [5.74, 6) is -1.76. The van der Waals surface area contributed by atoms with E-state index >= 15 is 0 Å². The number of H-pyrrole nitrogens is 1. The monoisotopic (exact) mass is 450 g/mol. The maximum atomic E-state index is 14.8. The van der Waals surface area contributed by atoms with Gasteiger partial charge in [0.05, 0.1) is 35.3 Å². The average molecular weight is 450 g/mol. The lowest BCUT2D eigenvalue weighted by atomic mass is 10.0. The number of amides is 1. The smallest absolute Gasteiger partial charge is 0.252 e. The molecule has 2 aromatic carbocycles. The number of nitrogens with one attached hydrogen (secondary N) is 2. The van der Waals surface area contributed by atoms with Crippen molar-refractivity contribution in [3.63, 3.8) is 0 Å². The molecule has 1 unspecified atom stereocenters. The van der Waals surface area contributed by atoms with E-state index < -0.39 is 36.3 Å². The zero-order valence-corrected chi connectivity index (χ0v) is 17.2. The molecule has 168 valence electrons. The Morgan fingerprint density at radius 1 is 1.06 bits per heavy atom. The predicted molar refractivity (Wildman–Crippen MR) is 117 cm³/mol. The number of aliphatic hydroxyl groups excluding tert-OH is 2. The zero-order valence-electron chi connectivity index (χ0n) is 17.2. The third-order valence-corrected chi connectivity index (χ3v) is 5.13. The molecule has 4 N–H and O–H groups in total. The van der Waals surface area contributed by atoms with E-state index in [1.54, 1.807) is 24.3 Å². The number of nitrogens with zero attached hydrogens (tertiary/aromatic N) is 2. The third-order valence-electron chi connectivity index (χ3n) is 5.13. The van der Waals surface area contributed by atoms with Gasteiger partial charge in [-0.25, -0.2) is 8.78 Å². The molecule has 0 aliphatic heterocycles. The standard InChI is InChI=1S/C24H20F2N4O3/c25-15-9-7-14(8-10-15)19-12-20(30-29-19)22-16(4-3-5-17(22)26)24(33)28-21(13-31)23(32)18-6-1-2-11-27-18/h1-12,21,23,31-32H,13H2,(H,28,33)(H,29,30)/t21-,23?/m0/s1. The maximum absolute atomic E-state index is 14.8. The Balaban J connectivity index is 1.63. The van der Waals surface area contributed by atoms with E-state index in [1.807, 2.05) is 0 Å². The number of halogens is 2. The van der Waals surface area contributed by atoms with Crippen LogP contribution in [0.1, 0.15) is 22.2 Å². The molecule has 0 aliphatic carbocycles. The van der Waals surface area contributed by atoms with Crippen LogP contribution in [0.25, 0.3) is 22.5 Å². The maximum Gasteiger partial charge on any atom is 0.252 e. The van der Waals surface area contributed by atoms with Gasteiger partial charge in [0.2, 0.25) is 0 Å². The van der Waals surface area contributed by atoms with E-state index in [4.69, 9.17) is 0 Å². The van der Waals surface area contributed by atoms with Gasteiger partial charge in [0.1, 0.15) is 17.7 Å². The molecule has 0 aliphatic rings. The molecule has 0 radical (unpaired) electrons. The first-order chi connectivity index (χ1) is 16.0. The van der Waals surface area contributed by atoms with Gasteiger partial charge in [-0.3, -0.25) is 14.9 Å². The van der Waals surface area contributed by atoms with E-state index in [1.165, 1.54) is 48.7 Å². The highest BCUT2D eigenvalue weighted by Gasteiger charge is 2.26. The topological polar surface area (TPSA) is 111 Å². The number of benzene rings is 2. The number of pyridine rings is 1. The molecular weight excluding hydrogens is 430 g/mol. The number of hydrogen-bond donors (Lipinski definition) is 4. The second-order valence-corrected chi connectivity index (χ2v) is 7.30. The largest absolute Gasteiger partial charge is 0.394 e. The zero-order chi connectivity index (χ0) is 23.4. The normalized spacial score (nSPS) is 12.8. The molecule has 2 atom stereocenters. The predicted octanol–water partition coefficient (Wildman–Crippen LogP) is 3.24. The molecule has 2 aromatic heterocycles. The van der Waals surface area contributed by atoms with Gasteiger partial charge in [-0.2, -0.15) is 5.10 Å². The number of aromatic amines is 1. The number of hydrogen-bond acceptors (Lipinski definition) is 5. The Labute approximate surface area is 187 Å². The number of aliphatic hydroxyl groups is 2. The van der Waals surface area contributed by atoms with E-state index in [0.717, 1.165) is 0 Å². The van der Waals surface area contributed by atoms with Gasteiger partial charge in [0, 0.05) is 17.3 Å². The van der Waals surface area contributed by atoms with E-state index in [-0.39, 0.29) is 22.5 Å². The van der Waals surface area contributed by atoms with Crippen LogP contribution in [0.15, 0.2) is 72.9 Å². The van der Waals surface area contributed by atoms with Crippen molar-refractivity contribution < 1.29 is 23.8 Å². The van der Waals surface area contributed by atoms with Gasteiger partial charge in [-0.15, -0.1) is 0 Å². The molecule has 7 nitrogen and oxygen atoms in total. The Bertz CT molecular complexity index is 1250. The molecule has 0 spiro atoms. The Kier molecular flexibility index (Phi) is 6.53. The summed E-state index contributed by atoms with van der Waals surface area (Å²) in [6, 6.07) is 15.0. The van der Waals surface area contributed by atoms with Gasteiger partial charge in [0.25, 0.3) is 5.91 Å². The van der Waals surface area contributed by atoms with Crippen molar-refractivity contribution in [2.75, 3.05) is 6.61 Å². The van der Waals surface area contributed by atoms with Crippen molar-refractivity contribution in [2.24, 2.45) is 0 Å². The SMILES string of the molecule is O=C(N[C@@H](CO)C(O)c1ccccn1)c1cccc(F)c1-c1cc(-c2ccc(F)cc2)n[nH]1. The van der Waals surface area contributed by atoms with Crippen molar-refractivity contribution in [1.82, 2.24) is 20.5 Å². The Morgan fingerprint density at radius 3 is 2.55 bits per heavy atom. The van der Waals surface area contributed by atoms with Crippen molar-refractivity contribution in [3.8, 4) is 22.5 Å². The second kappa shape index (κ2) is 9.68. The highest BCUT2D eigenvalue weighted by atomic mass is 19.1. The summed E-state index contributed by atoms with van der Waals surface area (Å²) in [5, 5.41) is 29.6. The summed E-state index contributed by atoms with van der Waals surface area (Å²) < 4.78 is 28.0. The summed E-state index contributed by atoms with van der Waals surface area (Å²) in [7, 11) is 0. The minimum atomic E-state index is -1.27. The number of rotatable bonds is 7. The third kappa shape index (κ3) is 4.79. The minimum Gasteiger partial charge on any atom is -0.394 e. The summed E-state index contributed by atoms with van der Waals surface area (Å²) in [4.78, 5) is 17.0. The minimum absolute atomic E-state index is 0.0176. The van der Waals surface area contributed by atoms with Crippen LogP contribution in [-0.2, 0) is 0 Å². The van der Waals surface area contributed by atoms with E-state index in [0.29, 0.717) is 11.3 Å². The first-order valence-electron chi connectivity index (χ1n) is 10.1. The number of carbonyl (C=O) groups is 1. The fourth-order valence-corrected chi connectivity index (χ4v) is 3.43. The van der Waals surface area contributed by atoms with Crippen LogP contribution in [0.2, 0.25) is 0 Å². The van der Waals surface area contributed by atoms with Crippen molar-refractivity contribution in [3.05, 3.63) is 95.8 Å². The molecule has 0 fully saturated rings. The lowest BCUT2D eigenvalue weighted by Crippen LogP contribution is -2.42. The molecule has 33 heavy (non-hydrogen) atoms. The van der Waals surface area contributed by atoms with Crippen molar-refractivity contribution >= 4 is 5.91 Å². The van der Waals surface area contributed by atoms with Crippen LogP contribution in [-0.4, -0.2) is 44.0 Å². The lowest BCUT2D eigenvalue weighted by Gasteiger charge is -2.22. The highest BCUT2D eigenvalue weighted by molar-refractivity contribution is 6.01. The van der Waals surface area contributed by atoms with Crippen LogP contribution >= 0.6 is 0 Å². The molecule has 4 rings (SSSR count). The van der Waals surface area contributed by atoms with Gasteiger partial charge in [0.15, 0.2) is 0 Å². The van der Waals surface area contributed by atoms with Gasteiger partial charge < -0.3 is 15.5 Å². The van der Waals surface area contributed by atoms with Gasteiger partial charge >= 0.3 is 0 Å². The van der Waals surface area contributed by atoms with Crippen molar-refractivity contribution in [2.45, 2.75) is 12.1 Å². The van der Waals surface area contributed by atoms with E-state index in [9.17, 15) is 23.8 Å². The summed E-state index contributed by atoms with van der Waals surface area (Å²) >= 11 is 0. The Morgan fingerprint density at radius 2 is 1.85 bits per heavy atom. The Hall–Kier alpha value is -3.95. The van der Waals surface area contributed by atoms with E-state index in [2.05, 4.69) is 20.5 Å². The quantitative estimate of drug-likeness (QED) is 0.346. The fourth-order valence-electron chi connectivity index (χ4n) is 3.43. The first-order valence-corrected chi connectivity index (χ1v) is 10.1.